The van der Waals surface area contributed by atoms with Gasteiger partial charge in [-0.2, -0.15) is 0 Å². The van der Waals surface area contributed by atoms with Crippen LogP contribution in [-0.4, -0.2) is 24.2 Å². The molecule has 1 aromatic rings. The van der Waals surface area contributed by atoms with Crippen molar-refractivity contribution in [3.63, 3.8) is 0 Å². The number of aromatic nitrogens is 1. The number of aryl methyl sites for hydroxylation is 2. The van der Waals surface area contributed by atoms with E-state index in [1.54, 1.807) is 7.11 Å². The highest BCUT2D eigenvalue weighted by molar-refractivity contribution is 5.25. The SMILES string of the molecule is CCCNC(CCC(C)(C)OC)c1ncc(C)cc1C. The van der Waals surface area contributed by atoms with Gasteiger partial charge in [0.15, 0.2) is 0 Å². The summed E-state index contributed by atoms with van der Waals surface area (Å²) in [6.07, 6.45) is 5.15. The Kier molecular flexibility index (Phi) is 6.63. The fraction of sp³-hybridized carbons (Fsp3) is 0.706. The standard InChI is InChI=1S/C17H30N2O/c1-7-10-18-15(8-9-17(4,5)20-6)16-14(3)11-13(2)12-19-16/h11-12,15,18H,7-10H2,1-6H3. The molecular weight excluding hydrogens is 248 g/mol. The molecule has 0 radical (unpaired) electrons. The Morgan fingerprint density at radius 3 is 2.60 bits per heavy atom. The number of nitrogens with one attached hydrogen (secondary N) is 1. The van der Waals surface area contributed by atoms with Gasteiger partial charge >= 0.3 is 0 Å². The summed E-state index contributed by atoms with van der Waals surface area (Å²) in [6, 6.07) is 2.52. The molecule has 0 spiro atoms. The highest BCUT2D eigenvalue weighted by Crippen LogP contribution is 2.25. The van der Waals surface area contributed by atoms with Gasteiger partial charge in [-0.3, -0.25) is 4.98 Å². The third kappa shape index (κ3) is 5.22. The van der Waals surface area contributed by atoms with Crippen molar-refractivity contribution in [2.45, 2.75) is 65.5 Å². The molecule has 1 unspecified atom stereocenters. The molecule has 0 saturated carbocycles. The number of ether oxygens (including phenoxy) is 1. The number of rotatable bonds is 8. The summed E-state index contributed by atoms with van der Waals surface area (Å²) in [6.45, 7) is 11.7. The second-order valence-electron chi connectivity index (χ2n) is 6.22. The first-order valence-electron chi connectivity index (χ1n) is 7.61. The zero-order chi connectivity index (χ0) is 15.2. The summed E-state index contributed by atoms with van der Waals surface area (Å²) in [5.41, 5.74) is 3.59. The first-order chi connectivity index (χ1) is 9.39. The highest BCUT2D eigenvalue weighted by Gasteiger charge is 2.21. The number of nitrogens with zero attached hydrogens (tertiary/aromatic N) is 1. The van der Waals surface area contributed by atoms with E-state index in [4.69, 9.17) is 4.74 Å². The van der Waals surface area contributed by atoms with Crippen LogP contribution in [0.1, 0.15) is 62.9 Å². The van der Waals surface area contributed by atoms with E-state index in [0.717, 1.165) is 25.8 Å². The van der Waals surface area contributed by atoms with Crippen molar-refractivity contribution in [1.82, 2.24) is 10.3 Å². The Bertz CT molecular complexity index is 415. The quantitative estimate of drug-likeness (QED) is 0.782. The summed E-state index contributed by atoms with van der Waals surface area (Å²) in [5.74, 6) is 0. The van der Waals surface area contributed by atoms with Gasteiger partial charge in [0.1, 0.15) is 0 Å². The number of hydrogen-bond donors (Lipinski definition) is 1. The van der Waals surface area contributed by atoms with E-state index in [1.807, 2.05) is 6.20 Å². The molecule has 3 heteroatoms. The molecule has 0 saturated heterocycles. The molecule has 0 bridgehead atoms. The maximum absolute atomic E-state index is 5.53. The average molecular weight is 278 g/mol. The molecule has 1 aromatic heterocycles. The third-order valence-corrected chi connectivity index (χ3v) is 3.81. The summed E-state index contributed by atoms with van der Waals surface area (Å²) in [4.78, 5) is 4.65. The van der Waals surface area contributed by atoms with Gasteiger partial charge in [-0.15, -0.1) is 0 Å². The number of methoxy groups -OCH3 is 1. The van der Waals surface area contributed by atoms with Gasteiger partial charge < -0.3 is 10.1 Å². The molecule has 114 valence electrons. The van der Waals surface area contributed by atoms with Crippen LogP contribution in [0.25, 0.3) is 0 Å². The molecular formula is C17H30N2O. The topological polar surface area (TPSA) is 34.1 Å². The monoisotopic (exact) mass is 278 g/mol. The maximum atomic E-state index is 5.53. The van der Waals surface area contributed by atoms with Gasteiger partial charge in [0.2, 0.25) is 0 Å². The Balaban J connectivity index is 2.82. The molecule has 1 heterocycles. The Morgan fingerprint density at radius 1 is 1.35 bits per heavy atom. The smallest absolute Gasteiger partial charge is 0.0623 e. The van der Waals surface area contributed by atoms with Crippen molar-refractivity contribution in [2.24, 2.45) is 0 Å². The summed E-state index contributed by atoms with van der Waals surface area (Å²) in [7, 11) is 1.78. The van der Waals surface area contributed by atoms with Crippen molar-refractivity contribution in [2.75, 3.05) is 13.7 Å². The van der Waals surface area contributed by atoms with Crippen LogP contribution in [0, 0.1) is 13.8 Å². The van der Waals surface area contributed by atoms with Crippen molar-refractivity contribution in [3.8, 4) is 0 Å². The van der Waals surface area contributed by atoms with Crippen LogP contribution < -0.4 is 5.32 Å². The first-order valence-corrected chi connectivity index (χ1v) is 7.61. The van der Waals surface area contributed by atoms with E-state index < -0.39 is 0 Å². The van der Waals surface area contributed by atoms with Crippen LogP contribution in [-0.2, 0) is 4.74 Å². The predicted molar refractivity (Wildman–Crippen MR) is 85.1 cm³/mol. The van der Waals surface area contributed by atoms with Crippen molar-refractivity contribution < 1.29 is 4.74 Å². The lowest BCUT2D eigenvalue weighted by Crippen LogP contribution is -2.28. The van der Waals surface area contributed by atoms with Crippen LogP contribution in [0.2, 0.25) is 0 Å². The van der Waals surface area contributed by atoms with Crippen LogP contribution >= 0.6 is 0 Å². The van der Waals surface area contributed by atoms with Crippen molar-refractivity contribution in [3.05, 3.63) is 29.1 Å². The largest absolute Gasteiger partial charge is 0.379 e. The van der Waals surface area contributed by atoms with E-state index >= 15 is 0 Å². The zero-order valence-electron chi connectivity index (χ0n) is 13.9. The van der Waals surface area contributed by atoms with Gasteiger partial charge in [0.05, 0.1) is 11.3 Å². The lowest BCUT2D eigenvalue weighted by molar-refractivity contribution is 0.0115. The number of hydrogen-bond acceptors (Lipinski definition) is 3. The van der Waals surface area contributed by atoms with Crippen LogP contribution in [0.5, 0.6) is 0 Å². The zero-order valence-corrected chi connectivity index (χ0v) is 13.9. The van der Waals surface area contributed by atoms with Crippen LogP contribution in [0.3, 0.4) is 0 Å². The van der Waals surface area contributed by atoms with Crippen molar-refractivity contribution >= 4 is 0 Å². The molecule has 0 amide bonds. The lowest BCUT2D eigenvalue weighted by atomic mass is 9.95. The lowest BCUT2D eigenvalue weighted by Gasteiger charge is -2.27. The predicted octanol–water partition coefficient (Wildman–Crippen LogP) is 3.94. The van der Waals surface area contributed by atoms with E-state index in [-0.39, 0.29) is 5.60 Å². The van der Waals surface area contributed by atoms with E-state index in [0.29, 0.717) is 6.04 Å². The van der Waals surface area contributed by atoms with E-state index in [1.165, 1.54) is 16.8 Å². The van der Waals surface area contributed by atoms with Gasteiger partial charge in [0.25, 0.3) is 0 Å². The average Bonchev–Trinajstić information content (AvgIpc) is 2.40. The molecule has 1 rings (SSSR count). The fourth-order valence-corrected chi connectivity index (χ4v) is 2.34. The Hall–Kier alpha value is -0.930. The van der Waals surface area contributed by atoms with Crippen LogP contribution in [0.15, 0.2) is 12.3 Å². The molecule has 0 aliphatic rings. The second-order valence-corrected chi connectivity index (χ2v) is 6.22. The fourth-order valence-electron chi connectivity index (χ4n) is 2.34. The van der Waals surface area contributed by atoms with Gasteiger partial charge in [0, 0.05) is 19.3 Å². The van der Waals surface area contributed by atoms with E-state index in [9.17, 15) is 0 Å². The molecule has 0 fully saturated rings. The summed E-state index contributed by atoms with van der Waals surface area (Å²) in [5, 5.41) is 3.62. The Morgan fingerprint density at radius 2 is 2.05 bits per heavy atom. The highest BCUT2D eigenvalue weighted by atomic mass is 16.5. The minimum Gasteiger partial charge on any atom is -0.379 e. The molecule has 20 heavy (non-hydrogen) atoms. The third-order valence-electron chi connectivity index (χ3n) is 3.81. The van der Waals surface area contributed by atoms with E-state index in [2.05, 4.69) is 51.0 Å². The normalized spacial score (nSPS) is 13.5. The Labute approximate surface area is 124 Å². The maximum Gasteiger partial charge on any atom is 0.0623 e. The number of pyridine rings is 1. The molecule has 0 aliphatic heterocycles. The summed E-state index contributed by atoms with van der Waals surface area (Å²) < 4.78 is 5.53. The molecule has 1 atom stereocenters. The van der Waals surface area contributed by atoms with Gasteiger partial charge in [-0.25, -0.2) is 0 Å². The van der Waals surface area contributed by atoms with Gasteiger partial charge in [-0.05, 0) is 64.6 Å². The van der Waals surface area contributed by atoms with Gasteiger partial charge in [-0.1, -0.05) is 13.0 Å². The molecule has 0 aliphatic carbocycles. The second kappa shape index (κ2) is 7.75. The minimum atomic E-state index is -0.0786. The molecule has 1 N–H and O–H groups in total. The molecule has 3 nitrogen and oxygen atoms in total. The van der Waals surface area contributed by atoms with Crippen LogP contribution in [0.4, 0.5) is 0 Å². The minimum absolute atomic E-state index is 0.0786. The summed E-state index contributed by atoms with van der Waals surface area (Å²) >= 11 is 0. The molecule has 0 aromatic carbocycles. The first kappa shape index (κ1) is 17.1. The van der Waals surface area contributed by atoms with Crippen molar-refractivity contribution in [1.29, 1.82) is 0 Å².